The third kappa shape index (κ3) is 4.09. The lowest BCUT2D eigenvalue weighted by molar-refractivity contribution is 0.0696. The highest BCUT2D eigenvalue weighted by molar-refractivity contribution is 7.15. The minimum absolute atomic E-state index is 0.121. The molecule has 0 atom stereocenters. The Morgan fingerprint density at radius 1 is 1.31 bits per heavy atom. The van der Waals surface area contributed by atoms with Crippen molar-refractivity contribution in [3.63, 3.8) is 0 Å². The Morgan fingerprint density at radius 2 is 2.15 bits per heavy atom. The Bertz CT molecular complexity index is 913. The fourth-order valence-corrected chi connectivity index (χ4v) is 2.84. The summed E-state index contributed by atoms with van der Waals surface area (Å²) in [7, 11) is 1.50. The first-order chi connectivity index (χ1) is 12.6. The number of benzene rings is 1. The molecule has 7 nitrogen and oxygen atoms in total. The summed E-state index contributed by atoms with van der Waals surface area (Å²) in [6.07, 6.45) is 3.04. The average Bonchev–Trinajstić information content (AvgIpc) is 3.27. The summed E-state index contributed by atoms with van der Waals surface area (Å²) in [4.78, 5) is 17.5. The van der Waals surface area contributed by atoms with Gasteiger partial charge in [-0.15, -0.1) is 11.3 Å². The second-order valence-corrected chi connectivity index (χ2v) is 6.51. The van der Waals surface area contributed by atoms with E-state index < -0.39 is 5.97 Å². The molecule has 3 aromatic rings. The van der Waals surface area contributed by atoms with Crippen LogP contribution in [-0.4, -0.2) is 24.3 Å². The van der Waals surface area contributed by atoms with Crippen molar-refractivity contribution in [3.8, 4) is 11.5 Å². The number of hydrogen-bond acceptors (Lipinski definition) is 8. The summed E-state index contributed by atoms with van der Waals surface area (Å²) >= 11 is 1.54. The lowest BCUT2D eigenvalue weighted by atomic mass is 10.2. The molecule has 1 N–H and O–H groups in total. The normalized spacial score (nSPS) is 10.9. The Hall–Kier alpha value is -3.13. The molecule has 0 spiro atoms. The summed E-state index contributed by atoms with van der Waals surface area (Å²) in [6.45, 7) is 3.96. The number of furan rings is 1. The summed E-state index contributed by atoms with van der Waals surface area (Å²) in [5.41, 5.74) is 4.65. The molecule has 26 heavy (non-hydrogen) atoms. The molecule has 0 fully saturated rings. The predicted octanol–water partition coefficient (Wildman–Crippen LogP) is 4.03. The number of nitrogens with one attached hydrogen (secondary N) is 1. The number of hydrazone groups is 1. The molecule has 1 aromatic carbocycles. The number of carbonyl (C=O) groups is 1. The van der Waals surface area contributed by atoms with Crippen LogP contribution in [0.2, 0.25) is 0 Å². The van der Waals surface area contributed by atoms with E-state index in [1.54, 1.807) is 30.5 Å². The number of anilines is 1. The van der Waals surface area contributed by atoms with Gasteiger partial charge in [0.25, 0.3) is 0 Å². The Labute approximate surface area is 154 Å². The first kappa shape index (κ1) is 17.7. The van der Waals surface area contributed by atoms with Crippen LogP contribution in [0, 0.1) is 13.8 Å². The van der Waals surface area contributed by atoms with Crippen LogP contribution in [0.3, 0.4) is 0 Å². The fourth-order valence-electron chi connectivity index (χ4n) is 2.08. The minimum atomic E-state index is -0.592. The molecule has 0 saturated heterocycles. The molecule has 0 saturated carbocycles. The number of nitrogens with zero attached hydrogens (tertiary/aromatic N) is 2. The number of methoxy groups -OCH3 is 1. The summed E-state index contributed by atoms with van der Waals surface area (Å²) < 4.78 is 15.6. The topological polar surface area (TPSA) is 86.0 Å². The third-order valence-electron chi connectivity index (χ3n) is 3.52. The third-order valence-corrected chi connectivity index (χ3v) is 4.49. The van der Waals surface area contributed by atoms with Crippen molar-refractivity contribution in [2.75, 3.05) is 12.5 Å². The number of aromatic nitrogens is 1. The number of esters is 1. The maximum Gasteiger partial charge on any atom is 0.379 e. The Kier molecular flexibility index (Phi) is 5.33. The van der Waals surface area contributed by atoms with Gasteiger partial charge >= 0.3 is 5.97 Å². The number of thiazole rings is 1. The molecular weight excluding hydrogens is 354 g/mol. The monoisotopic (exact) mass is 371 g/mol. The molecule has 0 unspecified atom stereocenters. The molecule has 3 rings (SSSR count). The van der Waals surface area contributed by atoms with Gasteiger partial charge in [-0.2, -0.15) is 5.10 Å². The van der Waals surface area contributed by atoms with Crippen LogP contribution in [0.5, 0.6) is 11.5 Å². The highest BCUT2D eigenvalue weighted by Gasteiger charge is 2.14. The molecule has 2 aromatic heterocycles. The van der Waals surface area contributed by atoms with Gasteiger partial charge in [0, 0.05) is 4.88 Å². The molecule has 0 aliphatic carbocycles. The van der Waals surface area contributed by atoms with Crippen molar-refractivity contribution in [1.29, 1.82) is 0 Å². The predicted molar refractivity (Wildman–Crippen MR) is 99.5 cm³/mol. The van der Waals surface area contributed by atoms with Crippen LogP contribution in [0.25, 0.3) is 0 Å². The van der Waals surface area contributed by atoms with Crippen LogP contribution in [0.4, 0.5) is 5.13 Å². The zero-order valence-corrected chi connectivity index (χ0v) is 15.3. The van der Waals surface area contributed by atoms with Crippen molar-refractivity contribution in [2.24, 2.45) is 5.10 Å². The van der Waals surface area contributed by atoms with Gasteiger partial charge in [0.1, 0.15) is 0 Å². The maximum absolute atomic E-state index is 12.0. The van der Waals surface area contributed by atoms with Gasteiger partial charge in [-0.25, -0.2) is 9.78 Å². The molecule has 0 aliphatic rings. The zero-order chi connectivity index (χ0) is 18.5. The van der Waals surface area contributed by atoms with E-state index in [-0.39, 0.29) is 5.76 Å². The average molecular weight is 371 g/mol. The molecule has 0 radical (unpaired) electrons. The SMILES string of the molecule is COc1cc(/C=N\Nc2nc(C)c(C)s2)ccc1OC(=O)c1ccco1. The first-order valence-corrected chi connectivity index (χ1v) is 8.55. The van der Waals surface area contributed by atoms with E-state index in [2.05, 4.69) is 15.5 Å². The van der Waals surface area contributed by atoms with Gasteiger partial charge in [-0.05, 0) is 49.7 Å². The van der Waals surface area contributed by atoms with E-state index >= 15 is 0 Å². The maximum atomic E-state index is 12.0. The highest BCUT2D eigenvalue weighted by Crippen LogP contribution is 2.28. The molecule has 0 aliphatic heterocycles. The van der Waals surface area contributed by atoms with Crippen LogP contribution in [0.1, 0.15) is 26.7 Å². The van der Waals surface area contributed by atoms with Gasteiger partial charge in [-0.1, -0.05) is 0 Å². The number of aryl methyl sites for hydroxylation is 2. The summed E-state index contributed by atoms with van der Waals surface area (Å²) in [6, 6.07) is 8.26. The Morgan fingerprint density at radius 3 is 2.81 bits per heavy atom. The van der Waals surface area contributed by atoms with Crippen LogP contribution >= 0.6 is 11.3 Å². The first-order valence-electron chi connectivity index (χ1n) is 7.73. The minimum Gasteiger partial charge on any atom is -0.493 e. The van der Waals surface area contributed by atoms with Gasteiger partial charge in [0.05, 0.1) is 25.3 Å². The van der Waals surface area contributed by atoms with E-state index in [0.717, 1.165) is 21.3 Å². The second-order valence-electron chi connectivity index (χ2n) is 5.31. The molecular formula is C18H17N3O4S. The summed E-state index contributed by atoms with van der Waals surface area (Å²) in [5, 5.41) is 4.90. The van der Waals surface area contributed by atoms with Crippen LogP contribution in [0.15, 0.2) is 46.1 Å². The highest BCUT2D eigenvalue weighted by atomic mass is 32.1. The van der Waals surface area contributed by atoms with Crippen LogP contribution < -0.4 is 14.9 Å². The standard InChI is InChI=1S/C18H17N3O4S/c1-11-12(2)26-18(20-11)21-19-10-13-6-7-14(16(9-13)23-3)25-17(22)15-5-4-8-24-15/h4-10H,1-3H3,(H,20,21)/b19-10-. The number of ether oxygens (including phenoxy) is 2. The van der Waals surface area contributed by atoms with Gasteiger partial charge < -0.3 is 13.9 Å². The Balaban J connectivity index is 1.69. The van der Waals surface area contributed by atoms with Gasteiger partial charge in [0.15, 0.2) is 11.5 Å². The van der Waals surface area contributed by atoms with Crippen molar-refractivity contribution in [1.82, 2.24) is 4.98 Å². The van der Waals surface area contributed by atoms with E-state index in [9.17, 15) is 4.79 Å². The molecule has 8 heteroatoms. The van der Waals surface area contributed by atoms with Crippen molar-refractivity contribution < 1.29 is 18.7 Å². The summed E-state index contributed by atoms with van der Waals surface area (Å²) in [5.74, 6) is 0.238. The quantitative estimate of drug-likeness (QED) is 0.305. The van der Waals surface area contributed by atoms with E-state index in [1.165, 1.54) is 30.8 Å². The second kappa shape index (κ2) is 7.83. The number of rotatable bonds is 6. The van der Waals surface area contributed by atoms with Crippen LogP contribution in [-0.2, 0) is 0 Å². The van der Waals surface area contributed by atoms with E-state index in [0.29, 0.717) is 11.5 Å². The fraction of sp³-hybridized carbons (Fsp3) is 0.167. The van der Waals surface area contributed by atoms with Crippen molar-refractivity contribution in [3.05, 3.63) is 58.5 Å². The largest absolute Gasteiger partial charge is 0.493 e. The van der Waals surface area contributed by atoms with E-state index in [4.69, 9.17) is 13.9 Å². The van der Waals surface area contributed by atoms with Crippen molar-refractivity contribution >= 4 is 28.7 Å². The molecule has 2 heterocycles. The lowest BCUT2D eigenvalue weighted by Crippen LogP contribution is -2.08. The van der Waals surface area contributed by atoms with Gasteiger partial charge in [-0.3, -0.25) is 5.43 Å². The number of hydrogen-bond donors (Lipinski definition) is 1. The number of carbonyl (C=O) groups excluding carboxylic acids is 1. The van der Waals surface area contributed by atoms with Crippen molar-refractivity contribution in [2.45, 2.75) is 13.8 Å². The van der Waals surface area contributed by atoms with E-state index in [1.807, 2.05) is 13.8 Å². The zero-order valence-electron chi connectivity index (χ0n) is 14.5. The molecule has 0 bridgehead atoms. The molecule has 134 valence electrons. The molecule has 0 amide bonds. The lowest BCUT2D eigenvalue weighted by Gasteiger charge is -2.08. The smallest absolute Gasteiger partial charge is 0.379 e. The van der Waals surface area contributed by atoms with Gasteiger partial charge in [0.2, 0.25) is 10.9 Å².